The Morgan fingerprint density at radius 2 is 1.93 bits per heavy atom. The third kappa shape index (κ3) is 3.53. The molecule has 1 aliphatic rings. The lowest BCUT2D eigenvalue weighted by molar-refractivity contribution is -0.132. The van der Waals surface area contributed by atoms with Crippen molar-refractivity contribution in [1.82, 2.24) is 4.98 Å². The van der Waals surface area contributed by atoms with Crippen LogP contribution in [0, 0.1) is 6.92 Å². The summed E-state index contributed by atoms with van der Waals surface area (Å²) in [6.45, 7) is 1.88. The summed E-state index contributed by atoms with van der Waals surface area (Å²) < 4.78 is 0.877. The van der Waals surface area contributed by atoms with Gasteiger partial charge in [0.2, 0.25) is 0 Å². The number of anilines is 1. The van der Waals surface area contributed by atoms with Crippen molar-refractivity contribution in [2.24, 2.45) is 0 Å². The molecular weight excluding hydrogens is 468 g/mol. The number of hydrogen-bond donors (Lipinski definition) is 1. The van der Waals surface area contributed by atoms with Gasteiger partial charge in [0.1, 0.15) is 5.76 Å². The number of pyridine rings is 1. The Morgan fingerprint density at radius 3 is 2.60 bits per heavy atom. The number of carbonyl (C=O) groups excluding carboxylic acids is 2. The topological polar surface area (TPSA) is 70.5 Å². The van der Waals surface area contributed by atoms with E-state index in [1.54, 1.807) is 67.0 Å². The molecule has 1 unspecified atom stereocenters. The van der Waals surface area contributed by atoms with Crippen molar-refractivity contribution in [3.63, 3.8) is 0 Å². The molecule has 3 aromatic rings. The number of ketones is 1. The summed E-state index contributed by atoms with van der Waals surface area (Å²) in [6, 6.07) is 14.6. The van der Waals surface area contributed by atoms with Crippen LogP contribution in [0.25, 0.3) is 5.76 Å². The average molecular weight is 484 g/mol. The van der Waals surface area contributed by atoms with E-state index in [1.807, 2.05) is 6.92 Å². The Kier molecular flexibility index (Phi) is 5.45. The molecule has 1 saturated heterocycles. The molecule has 0 saturated carbocycles. The second-order valence-electron chi connectivity index (χ2n) is 6.90. The third-order valence-electron chi connectivity index (χ3n) is 4.96. The molecule has 1 amide bonds. The van der Waals surface area contributed by atoms with Crippen molar-refractivity contribution in [2.75, 3.05) is 4.90 Å². The van der Waals surface area contributed by atoms with Crippen LogP contribution in [0.4, 0.5) is 5.69 Å². The smallest absolute Gasteiger partial charge is 0.300 e. The van der Waals surface area contributed by atoms with Crippen LogP contribution in [-0.2, 0) is 9.59 Å². The second-order valence-corrected chi connectivity index (χ2v) is 8.19. The molecule has 5 nitrogen and oxygen atoms in total. The van der Waals surface area contributed by atoms with Crippen LogP contribution in [0.3, 0.4) is 0 Å². The van der Waals surface area contributed by atoms with Crippen molar-refractivity contribution < 1.29 is 14.7 Å². The first-order chi connectivity index (χ1) is 14.4. The third-order valence-corrected chi connectivity index (χ3v) is 6.09. The molecule has 1 N–H and O–H groups in total. The molecule has 7 heteroatoms. The number of rotatable bonds is 3. The summed E-state index contributed by atoms with van der Waals surface area (Å²) >= 11 is 9.56. The first-order valence-electron chi connectivity index (χ1n) is 9.11. The van der Waals surface area contributed by atoms with Crippen LogP contribution in [0.5, 0.6) is 0 Å². The summed E-state index contributed by atoms with van der Waals surface area (Å²) in [4.78, 5) is 31.6. The molecule has 4 rings (SSSR count). The molecule has 0 spiro atoms. The van der Waals surface area contributed by atoms with Crippen LogP contribution < -0.4 is 4.90 Å². The predicted octanol–water partition coefficient (Wildman–Crippen LogP) is 5.43. The first kappa shape index (κ1) is 20.3. The Hall–Kier alpha value is -2.96. The van der Waals surface area contributed by atoms with Gasteiger partial charge in [0.05, 0.1) is 11.6 Å². The lowest BCUT2D eigenvalue weighted by Gasteiger charge is -2.25. The van der Waals surface area contributed by atoms with Gasteiger partial charge in [-0.25, -0.2) is 0 Å². The number of amides is 1. The van der Waals surface area contributed by atoms with Gasteiger partial charge in [-0.1, -0.05) is 45.7 Å². The minimum absolute atomic E-state index is 0.00898. The van der Waals surface area contributed by atoms with E-state index in [0.29, 0.717) is 21.8 Å². The van der Waals surface area contributed by atoms with E-state index in [9.17, 15) is 14.7 Å². The zero-order valence-corrected chi connectivity index (χ0v) is 18.2. The highest BCUT2D eigenvalue weighted by Gasteiger charge is 2.47. The van der Waals surface area contributed by atoms with Gasteiger partial charge in [-0.3, -0.25) is 19.5 Å². The largest absolute Gasteiger partial charge is 0.507 e. The fraction of sp³-hybridized carbons (Fsp3) is 0.0870. The van der Waals surface area contributed by atoms with E-state index < -0.39 is 17.7 Å². The molecular formula is C23H16BrClN2O3. The minimum Gasteiger partial charge on any atom is -0.507 e. The molecule has 1 fully saturated rings. The van der Waals surface area contributed by atoms with Gasteiger partial charge in [0, 0.05) is 33.1 Å². The Labute approximate surface area is 186 Å². The van der Waals surface area contributed by atoms with Crippen LogP contribution in [0.1, 0.15) is 22.7 Å². The molecule has 1 aromatic heterocycles. The number of aryl methyl sites for hydroxylation is 1. The number of nitrogens with zero attached hydrogens (tertiary/aromatic N) is 2. The Balaban J connectivity index is 1.95. The number of carbonyl (C=O) groups is 2. The molecule has 0 aliphatic carbocycles. The van der Waals surface area contributed by atoms with Crippen molar-refractivity contribution in [1.29, 1.82) is 0 Å². The zero-order valence-electron chi connectivity index (χ0n) is 15.8. The number of aliphatic hydroxyl groups excluding tert-OH is 1. The normalized spacial score (nSPS) is 18.1. The van der Waals surface area contributed by atoms with Crippen LogP contribution in [-0.4, -0.2) is 21.8 Å². The number of halogens is 2. The standard InChI is InChI=1S/C23H16BrClN2O3/c1-13-10-14(7-8-18(13)24)21(28)19-20(15-4-3-9-26-12-15)27(23(30)22(19)29)17-6-2-5-16(25)11-17/h2-12,20,28H,1H3/b21-19+. The van der Waals surface area contributed by atoms with Gasteiger partial charge >= 0.3 is 0 Å². The van der Waals surface area contributed by atoms with Crippen LogP contribution in [0.2, 0.25) is 5.02 Å². The summed E-state index contributed by atoms with van der Waals surface area (Å²) in [6.07, 6.45) is 3.18. The molecule has 30 heavy (non-hydrogen) atoms. The Bertz CT molecular complexity index is 1190. The molecule has 150 valence electrons. The van der Waals surface area contributed by atoms with Gasteiger partial charge in [0.25, 0.3) is 11.7 Å². The number of benzene rings is 2. The van der Waals surface area contributed by atoms with Gasteiger partial charge in [-0.05, 0) is 54.4 Å². The van der Waals surface area contributed by atoms with Crippen molar-refractivity contribution in [2.45, 2.75) is 13.0 Å². The SMILES string of the molecule is Cc1cc(/C(O)=C2\C(=O)C(=O)N(c3cccc(Cl)c3)C2c2cccnc2)ccc1Br. The van der Waals surface area contributed by atoms with E-state index in [-0.39, 0.29) is 11.3 Å². The van der Waals surface area contributed by atoms with Gasteiger partial charge in [-0.2, -0.15) is 0 Å². The first-order valence-corrected chi connectivity index (χ1v) is 10.3. The summed E-state index contributed by atoms with van der Waals surface area (Å²) in [5, 5.41) is 11.5. The van der Waals surface area contributed by atoms with Crippen LogP contribution >= 0.6 is 27.5 Å². The van der Waals surface area contributed by atoms with Gasteiger partial charge < -0.3 is 5.11 Å². The summed E-state index contributed by atoms with van der Waals surface area (Å²) in [5.41, 5.74) is 2.42. The quantitative estimate of drug-likeness (QED) is 0.306. The zero-order chi connectivity index (χ0) is 21.4. The van der Waals surface area contributed by atoms with E-state index in [1.165, 1.54) is 4.90 Å². The lowest BCUT2D eigenvalue weighted by atomic mass is 9.95. The molecule has 1 atom stereocenters. The second kappa shape index (κ2) is 8.05. The molecule has 1 aliphatic heterocycles. The summed E-state index contributed by atoms with van der Waals surface area (Å²) in [7, 11) is 0. The van der Waals surface area contributed by atoms with Gasteiger partial charge in [0.15, 0.2) is 0 Å². The highest BCUT2D eigenvalue weighted by molar-refractivity contribution is 9.10. The lowest BCUT2D eigenvalue weighted by Crippen LogP contribution is -2.29. The maximum Gasteiger partial charge on any atom is 0.300 e. The number of Topliss-reactive ketones (excluding diaryl/α,β-unsaturated/α-hetero) is 1. The van der Waals surface area contributed by atoms with Gasteiger partial charge in [-0.15, -0.1) is 0 Å². The van der Waals surface area contributed by atoms with E-state index >= 15 is 0 Å². The molecule has 0 radical (unpaired) electrons. The molecule has 0 bridgehead atoms. The molecule has 2 heterocycles. The molecule has 2 aromatic carbocycles. The average Bonchev–Trinajstić information content (AvgIpc) is 3.01. The van der Waals surface area contributed by atoms with Crippen molar-refractivity contribution in [3.05, 3.63) is 98.7 Å². The highest BCUT2D eigenvalue weighted by Crippen LogP contribution is 2.42. The fourth-order valence-corrected chi connectivity index (χ4v) is 3.96. The maximum atomic E-state index is 13.1. The van der Waals surface area contributed by atoms with E-state index in [0.717, 1.165) is 10.0 Å². The van der Waals surface area contributed by atoms with Crippen molar-refractivity contribution >= 4 is 50.7 Å². The van der Waals surface area contributed by atoms with Crippen molar-refractivity contribution in [3.8, 4) is 0 Å². The van der Waals surface area contributed by atoms with Crippen LogP contribution in [0.15, 0.2) is 77.0 Å². The maximum absolute atomic E-state index is 13.1. The summed E-state index contributed by atoms with van der Waals surface area (Å²) in [5.74, 6) is -1.73. The number of aromatic nitrogens is 1. The number of hydrogen-bond acceptors (Lipinski definition) is 4. The highest BCUT2D eigenvalue weighted by atomic mass is 79.9. The monoisotopic (exact) mass is 482 g/mol. The Morgan fingerprint density at radius 1 is 1.13 bits per heavy atom. The predicted molar refractivity (Wildman–Crippen MR) is 119 cm³/mol. The number of aliphatic hydroxyl groups is 1. The van der Waals surface area contributed by atoms with E-state index in [4.69, 9.17) is 11.6 Å². The minimum atomic E-state index is -0.832. The van der Waals surface area contributed by atoms with E-state index in [2.05, 4.69) is 20.9 Å². The fourth-order valence-electron chi connectivity index (χ4n) is 3.53.